The maximum atomic E-state index is 11.1. The zero-order chi connectivity index (χ0) is 18.8. The van der Waals surface area contributed by atoms with Crippen LogP contribution in [0.3, 0.4) is 0 Å². The molecule has 0 radical (unpaired) electrons. The first-order valence-corrected chi connectivity index (χ1v) is 10.2. The van der Waals surface area contributed by atoms with Crippen LogP contribution in [0.15, 0.2) is 57.6 Å². The van der Waals surface area contributed by atoms with Gasteiger partial charge in [0.25, 0.3) is 0 Å². The maximum absolute atomic E-state index is 11.1. The first-order chi connectivity index (χ1) is 13.1. The molecule has 27 heavy (non-hydrogen) atoms. The van der Waals surface area contributed by atoms with Gasteiger partial charge in [0, 0.05) is 40.5 Å². The van der Waals surface area contributed by atoms with E-state index in [4.69, 9.17) is 13.6 Å². The van der Waals surface area contributed by atoms with Crippen LogP contribution in [0, 0.1) is 6.92 Å². The van der Waals surface area contributed by atoms with Crippen molar-refractivity contribution in [1.82, 2.24) is 10.2 Å². The second-order valence-electron chi connectivity index (χ2n) is 6.14. The summed E-state index contributed by atoms with van der Waals surface area (Å²) in [5, 5.41) is 8.93. The lowest BCUT2D eigenvalue weighted by Gasteiger charge is -2.06. The highest BCUT2D eigenvalue weighted by Gasteiger charge is 2.12. The van der Waals surface area contributed by atoms with E-state index >= 15 is 0 Å². The van der Waals surface area contributed by atoms with Crippen molar-refractivity contribution in [2.24, 2.45) is 0 Å². The van der Waals surface area contributed by atoms with E-state index in [1.807, 2.05) is 42.5 Å². The first kappa shape index (κ1) is 17.5. The third-order valence-corrected chi connectivity index (χ3v) is 4.89. The van der Waals surface area contributed by atoms with Crippen LogP contribution in [-0.4, -0.2) is 33.0 Å². The molecular weight excluding hydrogens is 364 g/mol. The maximum Gasteiger partial charge on any atom is 0.247 e. The van der Waals surface area contributed by atoms with Crippen molar-refractivity contribution in [1.29, 1.82) is 0 Å². The molecule has 0 aliphatic carbocycles. The lowest BCUT2D eigenvalue weighted by molar-refractivity contribution is 0.343. The number of aromatic nitrogens is 2. The SMILES string of the molecule is Cc1nnc(-c2ccc3occ(-c4ccc(OCCS(C)=O)cc4)c3c2)o1. The number of aryl methyl sites for hydroxylation is 1. The van der Waals surface area contributed by atoms with Crippen molar-refractivity contribution in [3.63, 3.8) is 0 Å². The summed E-state index contributed by atoms with van der Waals surface area (Å²) in [7, 11) is -0.855. The summed E-state index contributed by atoms with van der Waals surface area (Å²) in [6.07, 6.45) is 3.41. The summed E-state index contributed by atoms with van der Waals surface area (Å²) < 4.78 is 27.9. The summed E-state index contributed by atoms with van der Waals surface area (Å²) in [4.78, 5) is 0. The van der Waals surface area contributed by atoms with E-state index in [0.717, 1.165) is 33.4 Å². The average molecular weight is 382 g/mol. The number of rotatable bonds is 6. The first-order valence-electron chi connectivity index (χ1n) is 8.45. The lowest BCUT2D eigenvalue weighted by atomic mass is 10.0. The fourth-order valence-electron chi connectivity index (χ4n) is 2.81. The van der Waals surface area contributed by atoms with Crippen LogP contribution < -0.4 is 4.74 Å². The molecule has 0 N–H and O–H groups in total. The largest absolute Gasteiger partial charge is 0.493 e. The topological polar surface area (TPSA) is 78.4 Å². The van der Waals surface area contributed by atoms with Gasteiger partial charge in [0.05, 0.1) is 18.6 Å². The van der Waals surface area contributed by atoms with E-state index in [9.17, 15) is 4.21 Å². The summed E-state index contributed by atoms with van der Waals surface area (Å²) in [5.74, 6) is 2.28. The number of hydrogen-bond acceptors (Lipinski definition) is 6. The van der Waals surface area contributed by atoms with Crippen LogP contribution in [0.4, 0.5) is 0 Å². The molecule has 2 aromatic carbocycles. The highest BCUT2D eigenvalue weighted by molar-refractivity contribution is 7.84. The zero-order valence-corrected chi connectivity index (χ0v) is 15.8. The van der Waals surface area contributed by atoms with E-state index < -0.39 is 10.8 Å². The van der Waals surface area contributed by atoms with Crippen LogP contribution in [-0.2, 0) is 10.8 Å². The Balaban J connectivity index is 1.62. The predicted molar refractivity (Wildman–Crippen MR) is 104 cm³/mol. The minimum atomic E-state index is -0.855. The minimum Gasteiger partial charge on any atom is -0.493 e. The number of ether oxygens (including phenoxy) is 1. The van der Waals surface area contributed by atoms with Crippen molar-refractivity contribution in [2.75, 3.05) is 18.6 Å². The van der Waals surface area contributed by atoms with Crippen molar-refractivity contribution >= 4 is 21.8 Å². The molecule has 4 aromatic rings. The molecule has 0 saturated heterocycles. The molecule has 1 atom stereocenters. The zero-order valence-electron chi connectivity index (χ0n) is 15.0. The van der Waals surface area contributed by atoms with E-state index in [1.54, 1.807) is 19.4 Å². The van der Waals surface area contributed by atoms with Gasteiger partial charge in [0.1, 0.15) is 11.3 Å². The van der Waals surface area contributed by atoms with Crippen LogP contribution in [0.25, 0.3) is 33.6 Å². The Kier molecular flexibility index (Phi) is 4.77. The fourth-order valence-corrected chi connectivity index (χ4v) is 3.12. The Bertz CT molecular complexity index is 1100. The molecule has 4 rings (SSSR count). The monoisotopic (exact) mass is 382 g/mol. The molecule has 2 aromatic heterocycles. The van der Waals surface area contributed by atoms with Crippen molar-refractivity contribution in [3.8, 4) is 28.3 Å². The smallest absolute Gasteiger partial charge is 0.247 e. The predicted octanol–water partition coefficient (Wildman–Crippen LogP) is 4.22. The number of fused-ring (bicyclic) bond motifs is 1. The molecular formula is C20H18N2O4S. The summed E-state index contributed by atoms with van der Waals surface area (Å²) >= 11 is 0. The van der Waals surface area contributed by atoms with E-state index in [1.165, 1.54) is 0 Å². The Morgan fingerprint density at radius 3 is 2.56 bits per heavy atom. The number of nitrogens with zero attached hydrogens (tertiary/aromatic N) is 2. The second kappa shape index (κ2) is 7.36. The molecule has 0 aliphatic rings. The minimum absolute atomic E-state index is 0.435. The quantitative estimate of drug-likeness (QED) is 0.497. The third kappa shape index (κ3) is 3.78. The van der Waals surface area contributed by atoms with Gasteiger partial charge in [-0.15, -0.1) is 10.2 Å². The van der Waals surface area contributed by atoms with Crippen molar-refractivity contribution in [2.45, 2.75) is 6.92 Å². The van der Waals surface area contributed by atoms with Gasteiger partial charge in [-0.1, -0.05) is 12.1 Å². The van der Waals surface area contributed by atoms with Gasteiger partial charge in [-0.05, 0) is 35.9 Å². The summed E-state index contributed by atoms with van der Waals surface area (Å²) in [6, 6.07) is 13.5. The summed E-state index contributed by atoms with van der Waals surface area (Å²) in [5.41, 5.74) is 3.62. The van der Waals surface area contributed by atoms with Gasteiger partial charge in [0.15, 0.2) is 0 Å². The van der Waals surface area contributed by atoms with Crippen LogP contribution in [0.5, 0.6) is 5.75 Å². The van der Waals surface area contributed by atoms with E-state index in [-0.39, 0.29) is 0 Å². The Morgan fingerprint density at radius 1 is 1.07 bits per heavy atom. The van der Waals surface area contributed by atoms with E-state index in [0.29, 0.717) is 24.1 Å². The second-order valence-corrected chi connectivity index (χ2v) is 7.69. The highest BCUT2D eigenvalue weighted by Crippen LogP contribution is 2.34. The third-order valence-electron chi connectivity index (χ3n) is 4.15. The van der Waals surface area contributed by atoms with Crippen molar-refractivity contribution in [3.05, 3.63) is 54.6 Å². The normalized spacial score (nSPS) is 12.4. The molecule has 0 saturated carbocycles. The molecule has 0 amide bonds. The van der Waals surface area contributed by atoms with Crippen molar-refractivity contribution < 1.29 is 17.8 Å². The molecule has 6 nitrogen and oxygen atoms in total. The van der Waals surface area contributed by atoms with Gasteiger partial charge in [-0.2, -0.15) is 0 Å². The molecule has 0 bridgehead atoms. The molecule has 138 valence electrons. The van der Waals surface area contributed by atoms with Gasteiger partial charge in [-0.25, -0.2) is 0 Å². The molecule has 7 heteroatoms. The van der Waals surface area contributed by atoms with Crippen LogP contribution in [0.1, 0.15) is 5.89 Å². The summed E-state index contributed by atoms with van der Waals surface area (Å²) in [6.45, 7) is 2.20. The molecule has 0 fully saturated rings. The van der Waals surface area contributed by atoms with Gasteiger partial charge in [0.2, 0.25) is 11.8 Å². The van der Waals surface area contributed by atoms with E-state index in [2.05, 4.69) is 10.2 Å². The van der Waals surface area contributed by atoms with Gasteiger partial charge in [-0.3, -0.25) is 4.21 Å². The lowest BCUT2D eigenvalue weighted by Crippen LogP contribution is -2.06. The van der Waals surface area contributed by atoms with Gasteiger partial charge < -0.3 is 13.6 Å². The Hall–Kier alpha value is -2.93. The van der Waals surface area contributed by atoms with Crippen LogP contribution in [0.2, 0.25) is 0 Å². The molecule has 0 spiro atoms. The molecule has 2 heterocycles. The number of benzene rings is 2. The average Bonchev–Trinajstić information content (AvgIpc) is 3.28. The Morgan fingerprint density at radius 2 is 1.85 bits per heavy atom. The Labute approximate surface area is 158 Å². The number of hydrogen-bond donors (Lipinski definition) is 0. The van der Waals surface area contributed by atoms with Gasteiger partial charge >= 0.3 is 0 Å². The standard InChI is InChI=1S/C20H18N2O4S/c1-13-21-22-20(26-13)15-5-8-19-17(11-15)18(12-25-19)14-3-6-16(7-4-14)24-9-10-27(2)23/h3-8,11-12H,9-10H2,1-2H3. The molecule has 1 unspecified atom stereocenters. The molecule has 0 aliphatic heterocycles. The highest BCUT2D eigenvalue weighted by atomic mass is 32.2. The van der Waals surface area contributed by atoms with Crippen LogP contribution >= 0.6 is 0 Å². The fraction of sp³-hybridized carbons (Fsp3) is 0.200. The number of furan rings is 1.